The molecule has 214 valence electrons. The van der Waals surface area contributed by atoms with Crippen LogP contribution in [0.1, 0.15) is 48.1 Å². The Morgan fingerprint density at radius 3 is 2.12 bits per heavy atom. The number of carbonyl (C=O) groups excluding carboxylic acids is 2. The molecule has 0 spiro atoms. The van der Waals surface area contributed by atoms with Gasteiger partial charge in [0.15, 0.2) is 0 Å². The summed E-state index contributed by atoms with van der Waals surface area (Å²) in [6, 6.07) is 21.9. The van der Waals surface area contributed by atoms with Gasteiger partial charge in [0, 0.05) is 19.0 Å². The number of hydrogen-bond acceptors (Lipinski definition) is 4. The molecule has 2 amide bonds. The standard InChI is InChI=1S/C32H41N3O4S/c1-7-26(5)33-32(37)30(20-27-13-9-8-10-14-27)34(21-28-15-11-12-23(2)19-28)31(36)22-35(40(6,38)39)29-17-16-24(3)18-25(29)4/h8-19,26,30H,7,20-22H2,1-6H3,(H,33,37)/t26-,30+/m1/s1. The molecule has 0 aliphatic rings. The maximum absolute atomic E-state index is 14.2. The van der Waals surface area contributed by atoms with Gasteiger partial charge in [0.05, 0.1) is 11.9 Å². The topological polar surface area (TPSA) is 86.8 Å². The van der Waals surface area contributed by atoms with Gasteiger partial charge in [-0.3, -0.25) is 13.9 Å². The molecule has 40 heavy (non-hydrogen) atoms. The third kappa shape index (κ3) is 8.42. The average Bonchev–Trinajstić information content (AvgIpc) is 2.89. The number of sulfonamides is 1. The molecular formula is C32H41N3O4S. The van der Waals surface area contributed by atoms with E-state index in [0.717, 1.165) is 44.8 Å². The van der Waals surface area contributed by atoms with Crippen LogP contribution in [0, 0.1) is 20.8 Å². The van der Waals surface area contributed by atoms with E-state index in [2.05, 4.69) is 5.32 Å². The van der Waals surface area contributed by atoms with Crippen molar-refractivity contribution in [2.45, 2.75) is 66.1 Å². The van der Waals surface area contributed by atoms with E-state index in [0.29, 0.717) is 12.1 Å². The Kier molecular flexibility index (Phi) is 10.5. The number of hydrogen-bond donors (Lipinski definition) is 1. The quantitative estimate of drug-likeness (QED) is 0.339. The molecule has 7 nitrogen and oxygen atoms in total. The van der Waals surface area contributed by atoms with Gasteiger partial charge in [0.25, 0.3) is 0 Å². The van der Waals surface area contributed by atoms with E-state index in [4.69, 9.17) is 0 Å². The first-order chi connectivity index (χ1) is 18.9. The average molecular weight is 564 g/mol. The summed E-state index contributed by atoms with van der Waals surface area (Å²) in [5.41, 5.74) is 4.98. The van der Waals surface area contributed by atoms with Crippen molar-refractivity contribution in [2.75, 3.05) is 17.1 Å². The Morgan fingerprint density at radius 1 is 0.875 bits per heavy atom. The lowest BCUT2D eigenvalue weighted by atomic mass is 10.0. The number of amides is 2. The van der Waals surface area contributed by atoms with Crippen molar-refractivity contribution in [3.63, 3.8) is 0 Å². The van der Waals surface area contributed by atoms with Crippen LogP contribution >= 0.6 is 0 Å². The smallest absolute Gasteiger partial charge is 0.244 e. The van der Waals surface area contributed by atoms with Crippen LogP contribution in [0.2, 0.25) is 0 Å². The van der Waals surface area contributed by atoms with Crippen molar-refractivity contribution in [3.05, 3.63) is 101 Å². The molecule has 2 atom stereocenters. The van der Waals surface area contributed by atoms with Gasteiger partial charge in [-0.2, -0.15) is 0 Å². The lowest BCUT2D eigenvalue weighted by Gasteiger charge is -2.34. The second-order valence-corrected chi connectivity index (χ2v) is 12.5. The molecule has 8 heteroatoms. The molecule has 1 N–H and O–H groups in total. The van der Waals surface area contributed by atoms with Gasteiger partial charge in [0.1, 0.15) is 12.6 Å². The molecule has 0 saturated carbocycles. The Labute approximate surface area is 239 Å². The number of nitrogens with one attached hydrogen (secondary N) is 1. The van der Waals surface area contributed by atoms with Crippen molar-refractivity contribution in [3.8, 4) is 0 Å². The summed E-state index contributed by atoms with van der Waals surface area (Å²) in [7, 11) is -3.80. The zero-order valence-electron chi connectivity index (χ0n) is 24.3. The highest BCUT2D eigenvalue weighted by Gasteiger charge is 2.33. The van der Waals surface area contributed by atoms with E-state index in [-0.39, 0.29) is 18.5 Å². The third-order valence-corrected chi connectivity index (χ3v) is 8.13. The highest BCUT2D eigenvalue weighted by molar-refractivity contribution is 7.92. The Morgan fingerprint density at radius 2 is 1.52 bits per heavy atom. The molecule has 0 aliphatic carbocycles. The van der Waals surface area contributed by atoms with Crippen LogP contribution < -0.4 is 9.62 Å². The second-order valence-electron chi connectivity index (χ2n) is 10.6. The summed E-state index contributed by atoms with van der Waals surface area (Å²) in [5, 5.41) is 3.05. The van der Waals surface area contributed by atoms with E-state index in [1.807, 2.05) is 101 Å². The predicted octanol–water partition coefficient (Wildman–Crippen LogP) is 4.93. The molecule has 0 aromatic heterocycles. The number of anilines is 1. The fourth-order valence-corrected chi connectivity index (χ4v) is 5.59. The summed E-state index contributed by atoms with van der Waals surface area (Å²) in [4.78, 5) is 29.4. The number of rotatable bonds is 12. The highest BCUT2D eigenvalue weighted by atomic mass is 32.2. The van der Waals surface area contributed by atoms with Crippen LogP contribution in [0.15, 0.2) is 72.8 Å². The summed E-state index contributed by atoms with van der Waals surface area (Å²) in [6.07, 6.45) is 2.13. The van der Waals surface area contributed by atoms with Crippen molar-refractivity contribution < 1.29 is 18.0 Å². The van der Waals surface area contributed by atoms with Crippen molar-refractivity contribution in [1.29, 1.82) is 0 Å². The van der Waals surface area contributed by atoms with Gasteiger partial charge in [0.2, 0.25) is 21.8 Å². The maximum Gasteiger partial charge on any atom is 0.244 e. The molecule has 0 aliphatic heterocycles. The lowest BCUT2D eigenvalue weighted by molar-refractivity contribution is -0.140. The van der Waals surface area contributed by atoms with E-state index in [1.54, 1.807) is 6.07 Å². The SMILES string of the molecule is CC[C@@H](C)NC(=O)[C@H](Cc1ccccc1)N(Cc1cccc(C)c1)C(=O)CN(c1ccc(C)cc1C)S(C)(=O)=O. The summed E-state index contributed by atoms with van der Waals surface area (Å²) in [6.45, 7) is 9.38. The minimum atomic E-state index is -3.80. The first kappa shape index (κ1) is 30.9. The van der Waals surface area contributed by atoms with Crippen LogP contribution in [0.5, 0.6) is 0 Å². The van der Waals surface area contributed by atoms with Gasteiger partial charge in [-0.15, -0.1) is 0 Å². The van der Waals surface area contributed by atoms with Crippen LogP contribution in [0.4, 0.5) is 5.69 Å². The minimum Gasteiger partial charge on any atom is -0.352 e. The van der Waals surface area contributed by atoms with Gasteiger partial charge >= 0.3 is 0 Å². The molecule has 0 radical (unpaired) electrons. The molecule has 3 aromatic rings. The lowest BCUT2D eigenvalue weighted by Crippen LogP contribution is -2.54. The normalized spacial score (nSPS) is 12.8. The Balaban J connectivity index is 2.08. The van der Waals surface area contributed by atoms with Gasteiger partial charge in [-0.25, -0.2) is 8.42 Å². The van der Waals surface area contributed by atoms with E-state index < -0.39 is 28.5 Å². The molecule has 0 bridgehead atoms. The molecule has 0 heterocycles. The largest absolute Gasteiger partial charge is 0.352 e. The maximum atomic E-state index is 14.2. The summed E-state index contributed by atoms with van der Waals surface area (Å²) in [5.74, 6) is -0.719. The fourth-order valence-electron chi connectivity index (χ4n) is 4.68. The van der Waals surface area contributed by atoms with Crippen molar-refractivity contribution >= 4 is 27.5 Å². The van der Waals surface area contributed by atoms with Crippen LogP contribution in [0.25, 0.3) is 0 Å². The van der Waals surface area contributed by atoms with E-state index in [9.17, 15) is 18.0 Å². The van der Waals surface area contributed by atoms with Gasteiger partial charge < -0.3 is 10.2 Å². The Bertz CT molecular complexity index is 1420. The summed E-state index contributed by atoms with van der Waals surface area (Å²) >= 11 is 0. The Hall–Kier alpha value is -3.65. The fraction of sp³-hybridized carbons (Fsp3) is 0.375. The van der Waals surface area contributed by atoms with E-state index in [1.165, 1.54) is 4.90 Å². The highest BCUT2D eigenvalue weighted by Crippen LogP contribution is 2.25. The zero-order valence-corrected chi connectivity index (χ0v) is 25.2. The minimum absolute atomic E-state index is 0.0792. The summed E-state index contributed by atoms with van der Waals surface area (Å²) < 4.78 is 27.1. The molecule has 0 saturated heterocycles. The molecule has 3 rings (SSSR count). The van der Waals surface area contributed by atoms with Crippen LogP contribution in [-0.4, -0.2) is 50.0 Å². The molecular weight excluding hydrogens is 522 g/mol. The zero-order chi connectivity index (χ0) is 29.4. The first-order valence-corrected chi connectivity index (χ1v) is 15.5. The predicted molar refractivity (Wildman–Crippen MR) is 162 cm³/mol. The van der Waals surface area contributed by atoms with Crippen LogP contribution in [0.3, 0.4) is 0 Å². The van der Waals surface area contributed by atoms with Crippen LogP contribution in [-0.2, 0) is 32.6 Å². The number of nitrogens with zero attached hydrogens (tertiary/aromatic N) is 2. The second kappa shape index (κ2) is 13.6. The van der Waals surface area contributed by atoms with Crippen molar-refractivity contribution in [2.24, 2.45) is 0 Å². The number of benzene rings is 3. The first-order valence-electron chi connectivity index (χ1n) is 13.6. The number of aryl methyl sites for hydroxylation is 3. The molecule has 0 fully saturated rings. The van der Waals surface area contributed by atoms with Gasteiger partial charge in [-0.1, -0.05) is 84.8 Å². The number of carbonyl (C=O) groups is 2. The molecule has 3 aromatic carbocycles. The third-order valence-electron chi connectivity index (χ3n) is 7.01. The van der Waals surface area contributed by atoms with E-state index >= 15 is 0 Å². The monoisotopic (exact) mass is 563 g/mol. The molecule has 0 unspecified atom stereocenters. The van der Waals surface area contributed by atoms with Crippen molar-refractivity contribution in [1.82, 2.24) is 10.2 Å². The van der Waals surface area contributed by atoms with Gasteiger partial charge in [-0.05, 0) is 56.9 Å².